The molecule has 1 N–H and O–H groups in total. The second-order valence-corrected chi connectivity index (χ2v) is 5.45. The molecule has 1 aromatic heterocycles. The molecule has 92 valence electrons. The van der Waals surface area contributed by atoms with Gasteiger partial charge in [-0.05, 0) is 47.7 Å². The van der Waals surface area contributed by atoms with E-state index in [0.717, 1.165) is 23.2 Å². The third kappa shape index (κ3) is 1.78. The minimum absolute atomic E-state index is 0.0683. The van der Waals surface area contributed by atoms with Crippen LogP contribution in [0.3, 0.4) is 0 Å². The molecule has 1 aliphatic heterocycles. The van der Waals surface area contributed by atoms with Crippen LogP contribution >= 0.6 is 11.9 Å². The Morgan fingerprint density at radius 1 is 1.33 bits per heavy atom. The van der Waals surface area contributed by atoms with Gasteiger partial charge in [0.25, 0.3) is 5.56 Å². The smallest absolute Gasteiger partial charge is 0.253 e. The number of benzene rings is 1. The summed E-state index contributed by atoms with van der Waals surface area (Å²) < 4.78 is 4.87. The summed E-state index contributed by atoms with van der Waals surface area (Å²) >= 11 is 1.66. The Morgan fingerprint density at radius 2 is 2.17 bits per heavy atom. The van der Waals surface area contributed by atoms with E-state index in [2.05, 4.69) is 22.9 Å². The number of nitrogens with one attached hydrogen (secondary N) is 1. The molecule has 0 saturated heterocycles. The lowest BCUT2D eigenvalue weighted by atomic mass is 10.0. The van der Waals surface area contributed by atoms with Crippen molar-refractivity contribution in [1.29, 1.82) is 0 Å². The Kier molecular flexibility index (Phi) is 2.76. The van der Waals surface area contributed by atoms with Crippen molar-refractivity contribution in [3.05, 3.63) is 51.9 Å². The number of rotatable bonds is 1. The van der Waals surface area contributed by atoms with Crippen LogP contribution in [0.25, 0.3) is 11.1 Å². The maximum atomic E-state index is 11.9. The van der Waals surface area contributed by atoms with Gasteiger partial charge in [0.1, 0.15) is 0 Å². The van der Waals surface area contributed by atoms with E-state index < -0.39 is 0 Å². The quantitative estimate of drug-likeness (QED) is 0.798. The van der Waals surface area contributed by atoms with Crippen LogP contribution in [0, 0.1) is 6.92 Å². The Hall–Kier alpha value is -1.52. The second kappa shape index (κ2) is 4.30. The molecular formula is C14H14N2OS. The third-order valence-corrected chi connectivity index (χ3v) is 4.22. The van der Waals surface area contributed by atoms with Crippen molar-refractivity contribution < 1.29 is 0 Å². The summed E-state index contributed by atoms with van der Waals surface area (Å²) in [6.45, 7) is 2.80. The predicted octanol–water partition coefficient (Wildman–Crippen LogP) is 2.47. The molecule has 1 aromatic carbocycles. The van der Waals surface area contributed by atoms with Crippen molar-refractivity contribution in [2.45, 2.75) is 18.4 Å². The van der Waals surface area contributed by atoms with E-state index in [-0.39, 0.29) is 5.56 Å². The second-order valence-electron chi connectivity index (χ2n) is 4.52. The zero-order valence-electron chi connectivity index (χ0n) is 10.4. The number of pyridine rings is 1. The maximum absolute atomic E-state index is 11.9. The minimum atomic E-state index is 0.0683. The van der Waals surface area contributed by atoms with Gasteiger partial charge in [0, 0.05) is 30.2 Å². The van der Waals surface area contributed by atoms with Crippen molar-refractivity contribution in [1.82, 2.24) is 9.29 Å². The summed E-state index contributed by atoms with van der Waals surface area (Å²) in [7, 11) is 1.78. The molecule has 2 heterocycles. The first-order chi connectivity index (χ1) is 8.66. The van der Waals surface area contributed by atoms with E-state index in [0.29, 0.717) is 0 Å². The van der Waals surface area contributed by atoms with Crippen LogP contribution in [0.2, 0.25) is 0 Å². The van der Waals surface area contributed by atoms with Crippen LogP contribution in [-0.2, 0) is 13.6 Å². The van der Waals surface area contributed by atoms with Gasteiger partial charge in [-0.1, -0.05) is 12.1 Å². The first kappa shape index (κ1) is 11.6. The van der Waals surface area contributed by atoms with Gasteiger partial charge in [-0.3, -0.25) is 9.52 Å². The van der Waals surface area contributed by atoms with E-state index in [1.54, 1.807) is 23.6 Å². The molecule has 0 bridgehead atoms. The number of aromatic nitrogens is 1. The van der Waals surface area contributed by atoms with Gasteiger partial charge in [-0.25, -0.2) is 0 Å². The lowest BCUT2D eigenvalue weighted by molar-refractivity contribution is 0.850. The molecule has 18 heavy (non-hydrogen) atoms. The minimum Gasteiger partial charge on any atom is -0.318 e. The molecule has 1 aliphatic rings. The van der Waals surface area contributed by atoms with E-state index in [4.69, 9.17) is 0 Å². The van der Waals surface area contributed by atoms with E-state index >= 15 is 0 Å². The summed E-state index contributed by atoms with van der Waals surface area (Å²) in [5.41, 5.74) is 4.33. The fraction of sp³-hybridized carbons (Fsp3) is 0.214. The molecule has 3 rings (SSSR count). The number of aryl methyl sites for hydroxylation is 1. The Balaban J connectivity index is 2.16. The first-order valence-corrected chi connectivity index (χ1v) is 6.68. The van der Waals surface area contributed by atoms with Crippen LogP contribution in [-0.4, -0.2) is 4.57 Å². The summed E-state index contributed by atoms with van der Waals surface area (Å²) in [6.07, 6.45) is 1.82. The van der Waals surface area contributed by atoms with Crippen LogP contribution in [0.5, 0.6) is 0 Å². The monoisotopic (exact) mass is 258 g/mol. The van der Waals surface area contributed by atoms with Crippen LogP contribution in [0.15, 0.2) is 40.2 Å². The number of hydrogen-bond donors (Lipinski definition) is 1. The predicted molar refractivity (Wildman–Crippen MR) is 74.6 cm³/mol. The van der Waals surface area contributed by atoms with Crippen LogP contribution < -0.4 is 10.3 Å². The number of hydrogen-bond acceptors (Lipinski definition) is 3. The van der Waals surface area contributed by atoms with Crippen molar-refractivity contribution in [2.24, 2.45) is 7.05 Å². The molecule has 3 nitrogen and oxygen atoms in total. The molecule has 0 fully saturated rings. The van der Waals surface area contributed by atoms with Crippen molar-refractivity contribution in [3.8, 4) is 11.1 Å². The van der Waals surface area contributed by atoms with Gasteiger partial charge in [-0.2, -0.15) is 0 Å². The normalized spacial score (nSPS) is 13.7. The molecule has 0 saturated carbocycles. The fourth-order valence-electron chi connectivity index (χ4n) is 2.23. The molecule has 0 atom stereocenters. The van der Waals surface area contributed by atoms with E-state index in [9.17, 15) is 4.79 Å². The number of nitrogens with zero attached hydrogens (tertiary/aromatic N) is 1. The average molecular weight is 258 g/mol. The zero-order valence-corrected chi connectivity index (χ0v) is 11.2. The van der Waals surface area contributed by atoms with Crippen molar-refractivity contribution in [2.75, 3.05) is 0 Å². The Bertz CT molecular complexity index is 676. The fourth-order valence-corrected chi connectivity index (χ4v) is 3.07. The summed E-state index contributed by atoms with van der Waals surface area (Å²) in [4.78, 5) is 13.2. The summed E-state index contributed by atoms with van der Waals surface area (Å²) in [5.74, 6) is 0. The molecule has 2 aromatic rings. The highest BCUT2D eigenvalue weighted by molar-refractivity contribution is 7.97. The van der Waals surface area contributed by atoms with Gasteiger partial charge in [0.2, 0.25) is 0 Å². The van der Waals surface area contributed by atoms with Crippen LogP contribution in [0.1, 0.15) is 11.1 Å². The molecule has 0 aliphatic carbocycles. The standard InChI is InChI=1S/C14H14N2OS/c1-9-12(5-6-16(2)14(9)17)10-3-4-11-8-15-18-13(11)7-10/h3-7,15H,8H2,1-2H3. The Labute approximate surface area is 110 Å². The highest BCUT2D eigenvalue weighted by Gasteiger charge is 2.13. The molecule has 0 radical (unpaired) electrons. The largest absolute Gasteiger partial charge is 0.318 e. The highest BCUT2D eigenvalue weighted by Crippen LogP contribution is 2.32. The third-order valence-electron chi connectivity index (χ3n) is 3.33. The van der Waals surface area contributed by atoms with E-state index in [1.165, 1.54) is 10.5 Å². The van der Waals surface area contributed by atoms with Crippen LogP contribution in [0.4, 0.5) is 0 Å². The van der Waals surface area contributed by atoms with Crippen molar-refractivity contribution >= 4 is 11.9 Å². The lowest BCUT2D eigenvalue weighted by Crippen LogP contribution is -2.18. The van der Waals surface area contributed by atoms with Gasteiger partial charge in [0.15, 0.2) is 0 Å². The lowest BCUT2D eigenvalue weighted by Gasteiger charge is -2.08. The summed E-state index contributed by atoms with van der Waals surface area (Å²) in [5, 5.41) is 0. The highest BCUT2D eigenvalue weighted by atomic mass is 32.2. The molecular weight excluding hydrogens is 244 g/mol. The van der Waals surface area contributed by atoms with Gasteiger partial charge < -0.3 is 4.57 Å². The summed E-state index contributed by atoms with van der Waals surface area (Å²) in [6, 6.07) is 8.38. The molecule has 0 unspecified atom stereocenters. The van der Waals surface area contributed by atoms with Crippen molar-refractivity contribution in [3.63, 3.8) is 0 Å². The van der Waals surface area contributed by atoms with Gasteiger partial charge in [-0.15, -0.1) is 0 Å². The van der Waals surface area contributed by atoms with Gasteiger partial charge in [0.05, 0.1) is 0 Å². The zero-order chi connectivity index (χ0) is 12.7. The topological polar surface area (TPSA) is 34.0 Å². The van der Waals surface area contributed by atoms with Gasteiger partial charge >= 0.3 is 0 Å². The molecule has 0 amide bonds. The van der Waals surface area contributed by atoms with E-state index in [1.807, 2.05) is 19.2 Å². The molecule has 0 spiro atoms. The SMILES string of the molecule is Cc1c(-c2ccc3c(c2)SNC3)ccn(C)c1=O. The maximum Gasteiger partial charge on any atom is 0.253 e. The molecule has 4 heteroatoms. The average Bonchev–Trinajstić information content (AvgIpc) is 2.83. The number of fused-ring (bicyclic) bond motifs is 1. The first-order valence-electron chi connectivity index (χ1n) is 5.86. The Morgan fingerprint density at radius 3 is 3.00 bits per heavy atom.